The van der Waals surface area contributed by atoms with Gasteiger partial charge in [0.25, 0.3) is 11.8 Å². The normalized spacial score (nSPS) is 14.5. The third kappa shape index (κ3) is 1.89. The molecule has 0 atom stereocenters. The van der Waals surface area contributed by atoms with Gasteiger partial charge in [-0.25, -0.2) is 0 Å². The van der Waals surface area contributed by atoms with E-state index in [-0.39, 0.29) is 11.8 Å². The third-order valence-electron chi connectivity index (χ3n) is 2.47. The van der Waals surface area contributed by atoms with Crippen LogP contribution in [-0.2, 0) is 0 Å². The molecule has 0 saturated heterocycles. The second kappa shape index (κ2) is 4.59. The molecule has 0 aliphatic carbocycles. The monoisotopic (exact) mass is 299 g/mol. The predicted octanol–water partition coefficient (Wildman–Crippen LogP) is 2.37. The van der Waals surface area contributed by atoms with Crippen molar-refractivity contribution in [3.05, 3.63) is 33.8 Å². The minimum absolute atomic E-state index is 0.200. The maximum Gasteiger partial charge on any atom is 0.261 e. The van der Waals surface area contributed by atoms with Gasteiger partial charge in [-0.1, -0.05) is 15.9 Å². The van der Waals surface area contributed by atoms with Gasteiger partial charge in [-0.05, 0) is 30.4 Å². The molecule has 84 valence electrons. The summed E-state index contributed by atoms with van der Waals surface area (Å²) in [7, 11) is 0. The van der Waals surface area contributed by atoms with Crippen molar-refractivity contribution in [2.75, 3.05) is 12.3 Å². The van der Waals surface area contributed by atoms with Crippen molar-refractivity contribution >= 4 is 40.4 Å². The average Bonchev–Trinajstić information content (AvgIpc) is 2.50. The second-order valence-corrected chi connectivity index (χ2v) is 4.89. The average molecular weight is 300 g/mol. The summed E-state index contributed by atoms with van der Waals surface area (Å²) in [6, 6.07) is 5.14. The molecule has 1 aliphatic heterocycles. The first kappa shape index (κ1) is 11.7. The van der Waals surface area contributed by atoms with E-state index in [9.17, 15) is 9.59 Å². The number of carbonyl (C=O) groups excluding carboxylic acids is 2. The Labute approximate surface area is 107 Å². The molecule has 2 rings (SSSR count). The number of carbonyl (C=O) groups is 2. The molecule has 1 aromatic carbocycles. The molecular formula is C11H10BrNO2S. The van der Waals surface area contributed by atoms with Crippen LogP contribution in [0.25, 0.3) is 0 Å². The highest BCUT2D eigenvalue weighted by molar-refractivity contribution is 9.10. The minimum atomic E-state index is -0.205. The van der Waals surface area contributed by atoms with Crippen LogP contribution in [0, 0.1) is 0 Å². The highest BCUT2D eigenvalue weighted by atomic mass is 79.9. The molecule has 0 saturated carbocycles. The van der Waals surface area contributed by atoms with Gasteiger partial charge in [-0.2, -0.15) is 12.6 Å². The molecule has 0 fully saturated rings. The number of imide groups is 1. The lowest BCUT2D eigenvalue weighted by molar-refractivity contribution is 0.0655. The summed E-state index contributed by atoms with van der Waals surface area (Å²) in [6.45, 7) is 0.438. The maximum absolute atomic E-state index is 11.9. The van der Waals surface area contributed by atoms with Gasteiger partial charge in [0.05, 0.1) is 11.1 Å². The lowest BCUT2D eigenvalue weighted by Gasteiger charge is -2.12. The number of nitrogens with zero attached hydrogens (tertiary/aromatic N) is 1. The lowest BCUT2D eigenvalue weighted by Crippen LogP contribution is -2.30. The van der Waals surface area contributed by atoms with Crippen molar-refractivity contribution in [1.82, 2.24) is 4.90 Å². The van der Waals surface area contributed by atoms with Crippen LogP contribution in [-0.4, -0.2) is 29.0 Å². The standard InChI is InChI=1S/C11H10BrNO2S/c12-7-2-3-8-9(6-7)11(15)13(10(8)14)4-1-5-16/h2-3,6,16H,1,4-5H2. The molecule has 1 heterocycles. The number of amides is 2. The Balaban J connectivity index is 2.33. The van der Waals surface area contributed by atoms with E-state index in [0.717, 1.165) is 10.9 Å². The predicted molar refractivity (Wildman–Crippen MR) is 68.0 cm³/mol. The van der Waals surface area contributed by atoms with Gasteiger partial charge in [0.1, 0.15) is 0 Å². The van der Waals surface area contributed by atoms with Gasteiger partial charge in [0.15, 0.2) is 0 Å². The largest absolute Gasteiger partial charge is 0.274 e. The van der Waals surface area contributed by atoms with Crippen LogP contribution in [0.15, 0.2) is 22.7 Å². The number of hydrogen-bond donors (Lipinski definition) is 1. The van der Waals surface area contributed by atoms with Crippen molar-refractivity contribution < 1.29 is 9.59 Å². The lowest BCUT2D eigenvalue weighted by atomic mass is 10.1. The first-order chi connectivity index (χ1) is 7.65. The number of hydrogen-bond acceptors (Lipinski definition) is 3. The van der Waals surface area contributed by atoms with Crippen molar-refractivity contribution in [2.45, 2.75) is 6.42 Å². The first-order valence-corrected chi connectivity index (χ1v) is 6.34. The molecule has 1 aromatic rings. The van der Waals surface area contributed by atoms with Gasteiger partial charge >= 0.3 is 0 Å². The number of benzene rings is 1. The highest BCUT2D eigenvalue weighted by Crippen LogP contribution is 2.25. The van der Waals surface area contributed by atoms with Crippen LogP contribution >= 0.6 is 28.6 Å². The number of thiol groups is 1. The number of rotatable bonds is 3. The van der Waals surface area contributed by atoms with Crippen molar-refractivity contribution in [2.24, 2.45) is 0 Å². The molecule has 2 amide bonds. The van der Waals surface area contributed by atoms with E-state index in [2.05, 4.69) is 28.6 Å². The topological polar surface area (TPSA) is 37.4 Å². The van der Waals surface area contributed by atoms with E-state index >= 15 is 0 Å². The van der Waals surface area contributed by atoms with Gasteiger partial charge in [0, 0.05) is 11.0 Å². The molecule has 0 bridgehead atoms. The van der Waals surface area contributed by atoms with Gasteiger partial charge in [-0.3, -0.25) is 14.5 Å². The Morgan fingerprint density at radius 1 is 1.19 bits per heavy atom. The van der Waals surface area contributed by atoms with E-state index in [1.165, 1.54) is 4.90 Å². The fraction of sp³-hybridized carbons (Fsp3) is 0.273. The molecule has 0 aromatic heterocycles. The van der Waals surface area contributed by atoms with Gasteiger partial charge < -0.3 is 0 Å². The van der Waals surface area contributed by atoms with Crippen molar-refractivity contribution in [3.8, 4) is 0 Å². The van der Waals surface area contributed by atoms with Gasteiger partial charge in [0.2, 0.25) is 0 Å². The highest BCUT2D eigenvalue weighted by Gasteiger charge is 2.34. The number of halogens is 1. The molecule has 0 N–H and O–H groups in total. The van der Waals surface area contributed by atoms with Crippen LogP contribution in [0.2, 0.25) is 0 Å². The molecule has 0 radical (unpaired) electrons. The van der Waals surface area contributed by atoms with E-state index in [0.29, 0.717) is 23.4 Å². The number of fused-ring (bicyclic) bond motifs is 1. The minimum Gasteiger partial charge on any atom is -0.274 e. The molecular weight excluding hydrogens is 290 g/mol. The summed E-state index contributed by atoms with van der Waals surface area (Å²) < 4.78 is 0.809. The summed E-state index contributed by atoms with van der Waals surface area (Å²) in [4.78, 5) is 25.1. The Morgan fingerprint density at radius 2 is 1.88 bits per heavy atom. The fourth-order valence-corrected chi connectivity index (χ4v) is 2.20. The van der Waals surface area contributed by atoms with E-state index in [4.69, 9.17) is 0 Å². The van der Waals surface area contributed by atoms with Crippen LogP contribution in [0.4, 0.5) is 0 Å². The zero-order valence-corrected chi connectivity index (χ0v) is 10.9. The first-order valence-electron chi connectivity index (χ1n) is 4.91. The Hall–Kier alpha value is -0.810. The molecule has 5 heteroatoms. The van der Waals surface area contributed by atoms with E-state index < -0.39 is 0 Å². The summed E-state index contributed by atoms with van der Waals surface area (Å²) in [6.07, 6.45) is 0.718. The molecule has 3 nitrogen and oxygen atoms in total. The molecule has 0 spiro atoms. The van der Waals surface area contributed by atoms with Crippen molar-refractivity contribution in [1.29, 1.82) is 0 Å². The van der Waals surface area contributed by atoms with Crippen LogP contribution in [0.3, 0.4) is 0 Å². The summed E-state index contributed by atoms with van der Waals surface area (Å²) in [5.41, 5.74) is 0.978. The van der Waals surface area contributed by atoms with Gasteiger partial charge in [-0.15, -0.1) is 0 Å². The fourth-order valence-electron chi connectivity index (χ4n) is 1.69. The van der Waals surface area contributed by atoms with Crippen molar-refractivity contribution in [3.63, 3.8) is 0 Å². The van der Waals surface area contributed by atoms with E-state index in [1.54, 1.807) is 18.2 Å². The molecule has 0 unspecified atom stereocenters. The summed E-state index contributed by atoms with van der Waals surface area (Å²) in [5, 5.41) is 0. The van der Waals surface area contributed by atoms with Crippen LogP contribution in [0.1, 0.15) is 27.1 Å². The Morgan fingerprint density at radius 3 is 2.56 bits per heavy atom. The zero-order valence-electron chi connectivity index (χ0n) is 8.44. The third-order valence-corrected chi connectivity index (χ3v) is 3.28. The summed E-state index contributed by atoms with van der Waals surface area (Å²) >= 11 is 7.36. The van der Waals surface area contributed by atoms with E-state index in [1.807, 2.05) is 0 Å². The zero-order chi connectivity index (χ0) is 11.7. The van der Waals surface area contributed by atoms with Crippen LogP contribution < -0.4 is 0 Å². The van der Waals surface area contributed by atoms with Crippen LogP contribution in [0.5, 0.6) is 0 Å². The molecule has 1 aliphatic rings. The Kier molecular flexibility index (Phi) is 3.35. The molecule has 16 heavy (non-hydrogen) atoms. The SMILES string of the molecule is O=C1c2ccc(Br)cc2C(=O)N1CCCS. The smallest absolute Gasteiger partial charge is 0.261 e. The Bertz CT molecular complexity index is 461. The maximum atomic E-state index is 11.9. The summed E-state index contributed by atoms with van der Waals surface area (Å²) in [5.74, 6) is 0.259. The second-order valence-electron chi connectivity index (χ2n) is 3.53. The quantitative estimate of drug-likeness (QED) is 0.687.